The Bertz CT molecular complexity index is 944. The summed E-state index contributed by atoms with van der Waals surface area (Å²) in [5.74, 6) is -0.241. The predicted octanol–water partition coefficient (Wildman–Crippen LogP) is 4.76. The molecule has 2 aromatic rings. The largest absolute Gasteiger partial charge is 0.494 e. The van der Waals surface area contributed by atoms with Crippen molar-refractivity contribution in [2.75, 3.05) is 20.3 Å². The standard InChI is InChI=1S/C26H28O7/c1-3-24(27)32-19-7-5-4-6-18-31-22-15-11-21(12-16-22)26(29)33-23-13-8-20(9-14-23)10-17-25(28)30-2/h3,8-17H,1,4-7,18-19H2,2H3. The number of benzene rings is 2. The van der Waals surface area contributed by atoms with E-state index in [-0.39, 0.29) is 0 Å². The number of ether oxygens (including phenoxy) is 4. The maximum absolute atomic E-state index is 12.3. The minimum atomic E-state index is -0.475. The van der Waals surface area contributed by atoms with Crippen molar-refractivity contribution in [1.82, 2.24) is 0 Å². The van der Waals surface area contributed by atoms with Gasteiger partial charge in [-0.25, -0.2) is 14.4 Å². The smallest absolute Gasteiger partial charge is 0.343 e. The van der Waals surface area contributed by atoms with Crippen molar-refractivity contribution in [3.63, 3.8) is 0 Å². The maximum Gasteiger partial charge on any atom is 0.343 e. The van der Waals surface area contributed by atoms with E-state index in [1.165, 1.54) is 13.2 Å². The molecule has 0 aliphatic rings. The number of unbranched alkanes of at least 4 members (excludes halogenated alkanes) is 3. The van der Waals surface area contributed by atoms with Crippen LogP contribution in [-0.2, 0) is 19.1 Å². The van der Waals surface area contributed by atoms with Gasteiger partial charge in [0.05, 0.1) is 25.9 Å². The Labute approximate surface area is 193 Å². The molecule has 2 rings (SSSR count). The molecule has 33 heavy (non-hydrogen) atoms. The van der Waals surface area contributed by atoms with Gasteiger partial charge in [-0.15, -0.1) is 0 Å². The third-order valence-electron chi connectivity index (χ3n) is 4.51. The fraction of sp³-hybridized carbons (Fsp3) is 0.269. The van der Waals surface area contributed by atoms with Gasteiger partial charge in [0.15, 0.2) is 0 Å². The van der Waals surface area contributed by atoms with Crippen molar-refractivity contribution in [1.29, 1.82) is 0 Å². The average molecular weight is 453 g/mol. The van der Waals surface area contributed by atoms with E-state index in [9.17, 15) is 14.4 Å². The molecule has 7 nitrogen and oxygen atoms in total. The lowest BCUT2D eigenvalue weighted by atomic mass is 10.2. The van der Waals surface area contributed by atoms with Gasteiger partial charge in [-0.05, 0) is 73.7 Å². The molecular weight excluding hydrogens is 424 g/mol. The van der Waals surface area contributed by atoms with Crippen LogP contribution in [-0.4, -0.2) is 38.2 Å². The van der Waals surface area contributed by atoms with Gasteiger partial charge in [-0.1, -0.05) is 18.7 Å². The Hall–Kier alpha value is -3.87. The summed E-state index contributed by atoms with van der Waals surface area (Å²) >= 11 is 0. The normalized spacial score (nSPS) is 10.5. The summed E-state index contributed by atoms with van der Waals surface area (Å²) in [6, 6.07) is 13.5. The second-order valence-electron chi connectivity index (χ2n) is 6.97. The summed E-state index contributed by atoms with van der Waals surface area (Å²) in [5.41, 5.74) is 1.18. The molecule has 0 spiro atoms. The first-order valence-corrected chi connectivity index (χ1v) is 10.6. The van der Waals surface area contributed by atoms with Gasteiger partial charge in [0.25, 0.3) is 0 Å². The summed E-state index contributed by atoms with van der Waals surface area (Å²) in [6.07, 6.45) is 7.68. The van der Waals surface area contributed by atoms with Crippen LogP contribution in [0.3, 0.4) is 0 Å². The van der Waals surface area contributed by atoms with Crippen LogP contribution in [0.5, 0.6) is 11.5 Å². The molecule has 0 bridgehead atoms. The lowest BCUT2D eigenvalue weighted by Gasteiger charge is -2.08. The summed E-state index contributed by atoms with van der Waals surface area (Å²) in [6.45, 7) is 4.31. The summed E-state index contributed by atoms with van der Waals surface area (Å²) in [5, 5.41) is 0. The number of methoxy groups -OCH3 is 1. The van der Waals surface area contributed by atoms with Gasteiger partial charge in [0, 0.05) is 12.2 Å². The molecule has 0 saturated carbocycles. The number of carbonyl (C=O) groups is 3. The van der Waals surface area contributed by atoms with Crippen molar-refractivity contribution in [2.24, 2.45) is 0 Å². The molecule has 0 radical (unpaired) electrons. The molecule has 0 aromatic heterocycles. The highest BCUT2D eigenvalue weighted by atomic mass is 16.5. The van der Waals surface area contributed by atoms with E-state index in [0.717, 1.165) is 37.3 Å². The third kappa shape index (κ3) is 9.86. The highest BCUT2D eigenvalue weighted by Crippen LogP contribution is 2.17. The minimum Gasteiger partial charge on any atom is -0.494 e. The van der Waals surface area contributed by atoms with E-state index in [4.69, 9.17) is 14.2 Å². The molecule has 2 aromatic carbocycles. The Morgan fingerprint density at radius 1 is 0.818 bits per heavy atom. The van der Waals surface area contributed by atoms with Crippen LogP contribution in [0.1, 0.15) is 41.6 Å². The van der Waals surface area contributed by atoms with E-state index in [1.54, 1.807) is 54.6 Å². The number of carbonyl (C=O) groups excluding carboxylic acids is 3. The second kappa shape index (κ2) is 14.2. The Kier molecular flexibility index (Phi) is 11.0. The molecule has 0 amide bonds. The van der Waals surface area contributed by atoms with Gasteiger partial charge in [-0.2, -0.15) is 0 Å². The SMILES string of the molecule is C=CC(=O)OCCCCCCOc1ccc(C(=O)Oc2ccc(C=CC(=O)OC)cc2)cc1. The second-order valence-corrected chi connectivity index (χ2v) is 6.97. The monoisotopic (exact) mass is 452 g/mol. The molecule has 0 aliphatic carbocycles. The van der Waals surface area contributed by atoms with E-state index in [0.29, 0.717) is 30.3 Å². The molecule has 0 N–H and O–H groups in total. The van der Waals surface area contributed by atoms with Crippen LogP contribution in [0, 0.1) is 0 Å². The minimum absolute atomic E-state index is 0.395. The van der Waals surface area contributed by atoms with Crippen LogP contribution in [0.2, 0.25) is 0 Å². The van der Waals surface area contributed by atoms with Crippen LogP contribution in [0.25, 0.3) is 6.08 Å². The van der Waals surface area contributed by atoms with Gasteiger partial charge < -0.3 is 18.9 Å². The van der Waals surface area contributed by atoms with E-state index in [2.05, 4.69) is 11.3 Å². The number of hydrogen-bond acceptors (Lipinski definition) is 7. The number of esters is 3. The fourth-order valence-electron chi connectivity index (χ4n) is 2.71. The first-order chi connectivity index (χ1) is 16.0. The maximum atomic E-state index is 12.3. The average Bonchev–Trinajstić information content (AvgIpc) is 2.85. The zero-order valence-electron chi connectivity index (χ0n) is 18.7. The molecule has 0 fully saturated rings. The van der Waals surface area contributed by atoms with Gasteiger partial charge in [0.1, 0.15) is 11.5 Å². The zero-order valence-corrected chi connectivity index (χ0v) is 18.7. The van der Waals surface area contributed by atoms with E-state index >= 15 is 0 Å². The van der Waals surface area contributed by atoms with E-state index in [1.807, 2.05) is 0 Å². The molecule has 7 heteroatoms. The molecule has 0 atom stereocenters. The molecule has 0 saturated heterocycles. The summed E-state index contributed by atoms with van der Waals surface area (Å²) in [4.78, 5) is 34.4. The molecule has 0 aliphatic heterocycles. The van der Waals surface area contributed by atoms with Crippen molar-refractivity contribution >= 4 is 24.0 Å². The number of hydrogen-bond donors (Lipinski definition) is 0. The van der Waals surface area contributed by atoms with Crippen molar-refractivity contribution in [2.45, 2.75) is 25.7 Å². The fourth-order valence-corrected chi connectivity index (χ4v) is 2.71. The zero-order chi connectivity index (χ0) is 23.9. The quantitative estimate of drug-likeness (QED) is 0.187. The molecule has 0 heterocycles. The molecular formula is C26H28O7. The lowest BCUT2D eigenvalue weighted by molar-refractivity contribution is -0.138. The van der Waals surface area contributed by atoms with Crippen LogP contribution in [0.4, 0.5) is 0 Å². The lowest BCUT2D eigenvalue weighted by Crippen LogP contribution is -2.08. The first kappa shape index (κ1) is 25.4. The van der Waals surface area contributed by atoms with Crippen molar-refractivity contribution in [3.05, 3.63) is 78.4 Å². The number of rotatable bonds is 13. The van der Waals surface area contributed by atoms with Crippen molar-refractivity contribution in [3.8, 4) is 11.5 Å². The third-order valence-corrected chi connectivity index (χ3v) is 4.51. The Morgan fingerprint density at radius 2 is 1.45 bits per heavy atom. The highest BCUT2D eigenvalue weighted by Gasteiger charge is 2.09. The van der Waals surface area contributed by atoms with Crippen LogP contribution >= 0.6 is 0 Å². The van der Waals surface area contributed by atoms with Crippen LogP contribution < -0.4 is 9.47 Å². The van der Waals surface area contributed by atoms with Crippen molar-refractivity contribution < 1.29 is 33.3 Å². The van der Waals surface area contributed by atoms with Crippen LogP contribution in [0.15, 0.2) is 67.3 Å². The molecule has 174 valence electrons. The van der Waals surface area contributed by atoms with E-state index < -0.39 is 17.9 Å². The van der Waals surface area contributed by atoms with Gasteiger partial charge in [-0.3, -0.25) is 0 Å². The molecule has 0 unspecified atom stereocenters. The summed E-state index contributed by atoms with van der Waals surface area (Å²) in [7, 11) is 1.31. The highest BCUT2D eigenvalue weighted by molar-refractivity contribution is 5.91. The van der Waals surface area contributed by atoms with Gasteiger partial charge >= 0.3 is 17.9 Å². The first-order valence-electron chi connectivity index (χ1n) is 10.6. The predicted molar refractivity (Wildman–Crippen MR) is 124 cm³/mol. The Morgan fingerprint density at radius 3 is 2.09 bits per heavy atom. The topological polar surface area (TPSA) is 88.1 Å². The van der Waals surface area contributed by atoms with Gasteiger partial charge in [0.2, 0.25) is 0 Å². The Balaban J connectivity index is 1.70. The summed E-state index contributed by atoms with van der Waals surface area (Å²) < 4.78 is 20.5.